The van der Waals surface area contributed by atoms with Crippen LogP contribution in [-0.2, 0) is 0 Å². The molecule has 0 radical (unpaired) electrons. The van der Waals surface area contributed by atoms with E-state index in [9.17, 15) is 0 Å². The third kappa shape index (κ3) is 3.78. The van der Waals surface area contributed by atoms with Gasteiger partial charge in [-0.3, -0.25) is 0 Å². The van der Waals surface area contributed by atoms with Crippen LogP contribution in [0, 0.1) is 5.92 Å². The number of benzene rings is 2. The van der Waals surface area contributed by atoms with Crippen molar-refractivity contribution in [3.8, 4) is 11.5 Å². The number of para-hydroxylation sites is 1. The van der Waals surface area contributed by atoms with Crippen molar-refractivity contribution in [2.24, 2.45) is 5.92 Å². The summed E-state index contributed by atoms with van der Waals surface area (Å²) in [4.78, 5) is 0. The summed E-state index contributed by atoms with van der Waals surface area (Å²) in [5.74, 6) is 2.66. The van der Waals surface area contributed by atoms with E-state index in [1.807, 2.05) is 42.5 Å². The van der Waals surface area contributed by atoms with E-state index in [0.717, 1.165) is 17.4 Å². The highest BCUT2D eigenvalue weighted by molar-refractivity contribution is 5.48. The van der Waals surface area contributed by atoms with E-state index in [1.54, 1.807) is 0 Å². The highest BCUT2D eigenvalue weighted by Crippen LogP contribution is 2.30. The summed E-state index contributed by atoms with van der Waals surface area (Å²) < 4.78 is 5.81. The second-order valence-electron chi connectivity index (χ2n) is 5.87. The first-order valence-corrected chi connectivity index (χ1v) is 7.93. The van der Waals surface area contributed by atoms with Gasteiger partial charge in [0.25, 0.3) is 0 Å². The number of nitrogens with one attached hydrogen (secondary N) is 1. The molecular weight excluding hydrogens is 258 g/mol. The summed E-state index contributed by atoms with van der Waals surface area (Å²) in [6.45, 7) is 2.29. The van der Waals surface area contributed by atoms with E-state index in [-0.39, 0.29) is 0 Å². The second kappa shape index (κ2) is 6.66. The molecule has 0 bridgehead atoms. The predicted octanol–water partition coefficient (Wildman–Crippen LogP) is 5.47. The van der Waals surface area contributed by atoms with Crippen molar-refractivity contribution in [2.75, 3.05) is 5.32 Å². The van der Waals surface area contributed by atoms with Gasteiger partial charge in [0.15, 0.2) is 0 Å². The van der Waals surface area contributed by atoms with Crippen molar-refractivity contribution in [3.05, 3.63) is 54.6 Å². The molecule has 0 heterocycles. The van der Waals surface area contributed by atoms with Gasteiger partial charge in [0.2, 0.25) is 0 Å². The fourth-order valence-corrected chi connectivity index (χ4v) is 3.06. The lowest BCUT2D eigenvalue weighted by atomic mass is 10.1. The summed E-state index contributed by atoms with van der Waals surface area (Å²) >= 11 is 0. The van der Waals surface area contributed by atoms with E-state index < -0.39 is 0 Å². The molecule has 21 heavy (non-hydrogen) atoms. The molecule has 2 nitrogen and oxygen atoms in total. The van der Waals surface area contributed by atoms with Gasteiger partial charge in [0.05, 0.1) is 0 Å². The third-order valence-electron chi connectivity index (χ3n) is 4.32. The van der Waals surface area contributed by atoms with Crippen LogP contribution in [0.1, 0.15) is 32.6 Å². The third-order valence-corrected chi connectivity index (χ3v) is 4.32. The van der Waals surface area contributed by atoms with E-state index in [4.69, 9.17) is 4.74 Å². The van der Waals surface area contributed by atoms with Gasteiger partial charge in [-0.05, 0) is 61.6 Å². The minimum absolute atomic E-state index is 0.635. The first kappa shape index (κ1) is 14.0. The van der Waals surface area contributed by atoms with Gasteiger partial charge < -0.3 is 10.1 Å². The summed E-state index contributed by atoms with van der Waals surface area (Å²) in [5.41, 5.74) is 1.19. The summed E-state index contributed by atoms with van der Waals surface area (Å²) in [6.07, 6.45) is 5.27. The van der Waals surface area contributed by atoms with Crippen LogP contribution in [0.4, 0.5) is 5.69 Å². The Hall–Kier alpha value is -1.96. The highest BCUT2D eigenvalue weighted by atomic mass is 16.5. The Labute approximate surface area is 127 Å². The maximum atomic E-state index is 5.81. The van der Waals surface area contributed by atoms with Gasteiger partial charge >= 0.3 is 0 Å². The molecule has 0 aliphatic heterocycles. The predicted molar refractivity (Wildman–Crippen MR) is 88.0 cm³/mol. The Morgan fingerprint density at radius 3 is 2.33 bits per heavy atom. The maximum Gasteiger partial charge on any atom is 0.127 e. The topological polar surface area (TPSA) is 21.3 Å². The average molecular weight is 281 g/mol. The zero-order valence-corrected chi connectivity index (χ0v) is 12.6. The minimum atomic E-state index is 0.635. The highest BCUT2D eigenvalue weighted by Gasteiger charge is 2.22. The summed E-state index contributed by atoms with van der Waals surface area (Å²) in [6, 6.07) is 18.8. The molecule has 1 aliphatic carbocycles. The molecule has 0 spiro atoms. The Morgan fingerprint density at radius 1 is 0.952 bits per heavy atom. The van der Waals surface area contributed by atoms with Gasteiger partial charge in [0.1, 0.15) is 11.5 Å². The van der Waals surface area contributed by atoms with Crippen LogP contribution in [0.3, 0.4) is 0 Å². The molecule has 0 saturated heterocycles. The number of hydrogen-bond donors (Lipinski definition) is 1. The number of hydrogen-bond acceptors (Lipinski definition) is 2. The fourth-order valence-electron chi connectivity index (χ4n) is 3.06. The smallest absolute Gasteiger partial charge is 0.127 e. The standard InChI is InChI=1S/C19H23NO/c1-2-15-8-9-17(14-15)20-16-10-12-19(13-11-16)21-18-6-4-3-5-7-18/h3-7,10-13,15,17,20H,2,8-9,14H2,1H3. The quantitative estimate of drug-likeness (QED) is 0.784. The van der Waals surface area contributed by atoms with E-state index in [1.165, 1.54) is 31.4 Å². The Bertz CT molecular complexity index is 550. The van der Waals surface area contributed by atoms with Crippen LogP contribution < -0.4 is 10.1 Å². The van der Waals surface area contributed by atoms with E-state index in [0.29, 0.717) is 6.04 Å². The van der Waals surface area contributed by atoms with Crippen LogP contribution in [0.5, 0.6) is 11.5 Å². The molecule has 2 aromatic rings. The van der Waals surface area contributed by atoms with Crippen molar-refractivity contribution >= 4 is 5.69 Å². The summed E-state index contributed by atoms with van der Waals surface area (Å²) in [5, 5.41) is 3.64. The zero-order valence-electron chi connectivity index (χ0n) is 12.6. The Balaban J connectivity index is 1.57. The average Bonchev–Trinajstić information content (AvgIpc) is 2.98. The number of ether oxygens (including phenoxy) is 1. The lowest BCUT2D eigenvalue weighted by molar-refractivity contribution is 0.482. The first-order valence-electron chi connectivity index (χ1n) is 7.93. The molecule has 1 fully saturated rings. The van der Waals surface area contributed by atoms with Crippen LogP contribution in [-0.4, -0.2) is 6.04 Å². The van der Waals surface area contributed by atoms with Gasteiger partial charge in [-0.15, -0.1) is 0 Å². The largest absolute Gasteiger partial charge is 0.457 e. The number of anilines is 1. The van der Waals surface area contributed by atoms with Gasteiger partial charge in [0, 0.05) is 11.7 Å². The Kier molecular flexibility index (Phi) is 4.44. The lowest BCUT2D eigenvalue weighted by Gasteiger charge is -2.15. The van der Waals surface area contributed by atoms with Crippen molar-refractivity contribution in [2.45, 2.75) is 38.6 Å². The SMILES string of the molecule is CCC1CCC(Nc2ccc(Oc3ccccc3)cc2)C1. The fraction of sp³-hybridized carbons (Fsp3) is 0.368. The van der Waals surface area contributed by atoms with Crippen molar-refractivity contribution in [1.82, 2.24) is 0 Å². The maximum absolute atomic E-state index is 5.81. The number of rotatable bonds is 5. The van der Waals surface area contributed by atoms with Crippen LogP contribution in [0.2, 0.25) is 0 Å². The second-order valence-corrected chi connectivity index (χ2v) is 5.87. The lowest BCUT2D eigenvalue weighted by Crippen LogP contribution is -2.15. The van der Waals surface area contributed by atoms with Crippen LogP contribution >= 0.6 is 0 Å². The molecular formula is C19H23NO. The molecule has 1 aliphatic rings. The normalized spacial score (nSPS) is 21.2. The zero-order chi connectivity index (χ0) is 14.5. The van der Waals surface area contributed by atoms with Gasteiger partial charge in [-0.2, -0.15) is 0 Å². The van der Waals surface area contributed by atoms with E-state index in [2.05, 4.69) is 24.4 Å². The molecule has 2 atom stereocenters. The van der Waals surface area contributed by atoms with Gasteiger partial charge in [-0.25, -0.2) is 0 Å². The van der Waals surface area contributed by atoms with Crippen LogP contribution in [0.25, 0.3) is 0 Å². The molecule has 3 rings (SSSR count). The molecule has 0 amide bonds. The molecule has 1 N–H and O–H groups in total. The monoisotopic (exact) mass is 281 g/mol. The molecule has 2 heteroatoms. The van der Waals surface area contributed by atoms with Crippen molar-refractivity contribution < 1.29 is 4.74 Å². The molecule has 1 saturated carbocycles. The van der Waals surface area contributed by atoms with Gasteiger partial charge in [-0.1, -0.05) is 31.5 Å². The molecule has 0 aromatic heterocycles. The van der Waals surface area contributed by atoms with Crippen LogP contribution in [0.15, 0.2) is 54.6 Å². The summed E-state index contributed by atoms with van der Waals surface area (Å²) in [7, 11) is 0. The molecule has 110 valence electrons. The van der Waals surface area contributed by atoms with Crippen molar-refractivity contribution in [1.29, 1.82) is 0 Å². The molecule has 2 aromatic carbocycles. The minimum Gasteiger partial charge on any atom is -0.457 e. The van der Waals surface area contributed by atoms with E-state index >= 15 is 0 Å². The van der Waals surface area contributed by atoms with Crippen molar-refractivity contribution in [3.63, 3.8) is 0 Å². The Morgan fingerprint density at radius 2 is 1.67 bits per heavy atom. The first-order chi connectivity index (χ1) is 10.3. The molecule has 2 unspecified atom stereocenters.